The van der Waals surface area contributed by atoms with Crippen LogP contribution in [0.25, 0.3) is 112 Å². The predicted molar refractivity (Wildman–Crippen MR) is 256 cm³/mol. The summed E-state index contributed by atoms with van der Waals surface area (Å²) >= 11 is 0. The fourth-order valence-corrected chi connectivity index (χ4v) is 8.48. The molecule has 11 aromatic rings. The van der Waals surface area contributed by atoms with Crippen molar-refractivity contribution >= 4 is 21.7 Å². The van der Waals surface area contributed by atoms with Gasteiger partial charge in [-0.2, -0.15) is 0 Å². The molecule has 11 rings (SSSR count). The summed E-state index contributed by atoms with van der Waals surface area (Å²) in [6, 6.07) is 80.5. The van der Waals surface area contributed by atoms with E-state index in [0.717, 1.165) is 77.6 Å². The molecule has 0 aliphatic heterocycles. The predicted octanol–water partition coefficient (Wildman–Crippen LogP) is 14.9. The van der Waals surface area contributed by atoms with E-state index >= 15 is 0 Å². The maximum absolute atomic E-state index is 5.48. The van der Waals surface area contributed by atoms with Gasteiger partial charge in [-0.25, -0.2) is 19.9 Å². The molecular weight excluding hydrogens is 753 g/mol. The first-order valence-corrected chi connectivity index (χ1v) is 20.9. The molecule has 0 fully saturated rings. The Bertz CT molecular complexity index is 3270. The Morgan fingerprint density at radius 3 is 1.16 bits per heavy atom. The Morgan fingerprint density at radius 2 is 0.613 bits per heavy atom. The molecule has 0 amide bonds. The third kappa shape index (κ3) is 7.00. The second-order valence-electron chi connectivity index (χ2n) is 15.4. The molecule has 2 aromatic heterocycles. The summed E-state index contributed by atoms with van der Waals surface area (Å²) in [6.45, 7) is 0. The minimum atomic E-state index is 0.604. The lowest BCUT2D eigenvalue weighted by atomic mass is 9.91. The zero-order valence-corrected chi connectivity index (χ0v) is 33.7. The number of para-hydroxylation sites is 1. The van der Waals surface area contributed by atoms with E-state index in [4.69, 9.17) is 19.9 Å². The van der Waals surface area contributed by atoms with Gasteiger partial charge in [-0.05, 0) is 51.1 Å². The molecule has 0 saturated heterocycles. The van der Waals surface area contributed by atoms with E-state index in [1.807, 2.05) is 12.1 Å². The summed E-state index contributed by atoms with van der Waals surface area (Å²) in [5.41, 5.74) is 14.7. The van der Waals surface area contributed by atoms with Crippen molar-refractivity contribution in [1.82, 2.24) is 19.9 Å². The van der Waals surface area contributed by atoms with Crippen LogP contribution in [-0.2, 0) is 0 Å². The van der Waals surface area contributed by atoms with Gasteiger partial charge in [0.05, 0.1) is 11.2 Å². The van der Waals surface area contributed by atoms with Crippen LogP contribution in [0.5, 0.6) is 0 Å². The summed E-state index contributed by atoms with van der Waals surface area (Å²) in [5.74, 6) is 1.84. The molecule has 4 heteroatoms. The van der Waals surface area contributed by atoms with E-state index in [1.54, 1.807) is 0 Å². The quantitative estimate of drug-likeness (QED) is 0.144. The average Bonchev–Trinajstić information content (AvgIpc) is 3.37. The van der Waals surface area contributed by atoms with Crippen molar-refractivity contribution in [3.8, 4) is 89.9 Å². The molecule has 0 atom stereocenters. The van der Waals surface area contributed by atoms with Crippen LogP contribution < -0.4 is 0 Å². The molecule has 0 radical (unpaired) electrons. The Labute approximate surface area is 360 Å². The number of rotatable bonds is 8. The Morgan fingerprint density at radius 1 is 0.226 bits per heavy atom. The first kappa shape index (κ1) is 36.7. The van der Waals surface area contributed by atoms with E-state index in [2.05, 4.69) is 218 Å². The molecule has 0 N–H and O–H groups in total. The van der Waals surface area contributed by atoms with Crippen LogP contribution in [-0.4, -0.2) is 19.9 Å². The lowest BCUT2D eigenvalue weighted by Gasteiger charge is -2.16. The van der Waals surface area contributed by atoms with Gasteiger partial charge in [-0.1, -0.05) is 218 Å². The molecule has 0 saturated carbocycles. The van der Waals surface area contributed by atoms with Crippen LogP contribution in [0.15, 0.2) is 231 Å². The maximum Gasteiger partial charge on any atom is 0.164 e. The van der Waals surface area contributed by atoms with Gasteiger partial charge in [0.1, 0.15) is 0 Å². The smallest absolute Gasteiger partial charge is 0.164 e. The van der Waals surface area contributed by atoms with Gasteiger partial charge < -0.3 is 0 Å². The summed E-state index contributed by atoms with van der Waals surface area (Å²) in [6.07, 6.45) is 0. The van der Waals surface area contributed by atoms with E-state index in [0.29, 0.717) is 17.5 Å². The molecule has 4 nitrogen and oxygen atoms in total. The molecular formula is C58H38N4. The molecule has 2 heterocycles. The standard InChI is InChI=1S/C58H38N4/c1-5-17-39(18-6-1)45-25-13-27-47(37-45)57-60-56(61-58(62-57)48-28-14-26-46(38-48)40-19-7-2-8-20-40)44-35-33-42(34-36-44)50-30-16-32-52-53-49(41-21-9-3-10-22-41)29-15-31-51(53)54(59-55(50)52)43-23-11-4-12-24-43/h1-38H. The number of nitrogens with zero attached hydrogens (tertiary/aromatic N) is 4. The largest absolute Gasteiger partial charge is 0.246 e. The van der Waals surface area contributed by atoms with Crippen molar-refractivity contribution in [1.29, 1.82) is 0 Å². The van der Waals surface area contributed by atoms with Crippen LogP contribution in [0, 0.1) is 0 Å². The van der Waals surface area contributed by atoms with Gasteiger partial charge >= 0.3 is 0 Å². The van der Waals surface area contributed by atoms with Crippen molar-refractivity contribution in [2.75, 3.05) is 0 Å². The van der Waals surface area contributed by atoms with Crippen molar-refractivity contribution in [3.05, 3.63) is 231 Å². The fourth-order valence-electron chi connectivity index (χ4n) is 8.48. The number of hydrogen-bond acceptors (Lipinski definition) is 4. The third-order valence-corrected chi connectivity index (χ3v) is 11.5. The monoisotopic (exact) mass is 790 g/mol. The average molecular weight is 791 g/mol. The molecule has 0 spiro atoms. The summed E-state index contributed by atoms with van der Waals surface area (Å²) in [7, 11) is 0. The van der Waals surface area contributed by atoms with Crippen LogP contribution in [0.4, 0.5) is 0 Å². The van der Waals surface area contributed by atoms with E-state index in [1.165, 1.54) is 16.5 Å². The first-order valence-electron chi connectivity index (χ1n) is 20.9. The highest BCUT2D eigenvalue weighted by Gasteiger charge is 2.18. The van der Waals surface area contributed by atoms with Crippen molar-refractivity contribution < 1.29 is 0 Å². The van der Waals surface area contributed by atoms with Gasteiger partial charge in [0, 0.05) is 44.0 Å². The number of hydrogen-bond donors (Lipinski definition) is 0. The minimum absolute atomic E-state index is 0.604. The molecule has 290 valence electrons. The van der Waals surface area contributed by atoms with Crippen molar-refractivity contribution in [2.24, 2.45) is 0 Å². The number of benzene rings is 9. The summed E-state index contributed by atoms with van der Waals surface area (Å²) < 4.78 is 0. The van der Waals surface area contributed by atoms with Gasteiger partial charge in [-0.3, -0.25) is 0 Å². The summed E-state index contributed by atoms with van der Waals surface area (Å²) in [5, 5.41) is 3.43. The third-order valence-electron chi connectivity index (χ3n) is 11.5. The Kier molecular flexibility index (Phi) is 9.49. The minimum Gasteiger partial charge on any atom is -0.246 e. The van der Waals surface area contributed by atoms with E-state index < -0.39 is 0 Å². The van der Waals surface area contributed by atoms with Gasteiger partial charge in [0.15, 0.2) is 17.5 Å². The Hall–Kier alpha value is -8.34. The lowest BCUT2D eigenvalue weighted by molar-refractivity contribution is 1.07. The molecule has 0 aliphatic carbocycles. The van der Waals surface area contributed by atoms with Crippen LogP contribution in [0.2, 0.25) is 0 Å². The molecule has 0 bridgehead atoms. The maximum atomic E-state index is 5.48. The van der Waals surface area contributed by atoms with Gasteiger partial charge in [0.25, 0.3) is 0 Å². The van der Waals surface area contributed by atoms with E-state index in [9.17, 15) is 0 Å². The number of aromatic nitrogens is 4. The van der Waals surface area contributed by atoms with Crippen molar-refractivity contribution in [2.45, 2.75) is 0 Å². The SMILES string of the molecule is c1ccc(-c2cccc(-c3nc(-c4ccc(-c5cccc6c5nc(-c5ccccc5)c5cccc(-c7ccccc7)c56)cc4)nc(-c4cccc(-c5ccccc5)c4)n3)c2)cc1. The number of fused-ring (bicyclic) bond motifs is 3. The normalized spacial score (nSPS) is 11.2. The van der Waals surface area contributed by atoms with Crippen LogP contribution in [0.1, 0.15) is 0 Å². The zero-order chi connectivity index (χ0) is 41.2. The highest BCUT2D eigenvalue weighted by Crippen LogP contribution is 2.41. The van der Waals surface area contributed by atoms with Crippen LogP contribution in [0.3, 0.4) is 0 Å². The molecule has 0 unspecified atom stereocenters. The first-order chi connectivity index (χ1) is 30.7. The Balaban J connectivity index is 1.05. The second-order valence-corrected chi connectivity index (χ2v) is 15.4. The highest BCUT2D eigenvalue weighted by atomic mass is 15.0. The molecule has 9 aromatic carbocycles. The fraction of sp³-hybridized carbons (Fsp3) is 0. The zero-order valence-electron chi connectivity index (χ0n) is 33.7. The van der Waals surface area contributed by atoms with Gasteiger partial charge in [0.2, 0.25) is 0 Å². The topological polar surface area (TPSA) is 51.6 Å². The number of pyridine rings is 1. The van der Waals surface area contributed by atoms with Gasteiger partial charge in [-0.15, -0.1) is 0 Å². The summed E-state index contributed by atoms with van der Waals surface area (Å²) in [4.78, 5) is 20.9. The molecule has 62 heavy (non-hydrogen) atoms. The van der Waals surface area contributed by atoms with E-state index in [-0.39, 0.29) is 0 Å². The lowest BCUT2D eigenvalue weighted by Crippen LogP contribution is -2.00. The van der Waals surface area contributed by atoms with Crippen molar-refractivity contribution in [3.63, 3.8) is 0 Å². The van der Waals surface area contributed by atoms with Crippen LogP contribution >= 0.6 is 0 Å². The highest BCUT2D eigenvalue weighted by molar-refractivity contribution is 6.19. The molecule has 0 aliphatic rings. The second kappa shape index (κ2) is 16.0.